The van der Waals surface area contributed by atoms with Crippen molar-refractivity contribution in [3.8, 4) is 0 Å². The number of nitrogens with one attached hydrogen (secondary N) is 1. The van der Waals surface area contributed by atoms with Gasteiger partial charge in [0, 0.05) is 11.4 Å². The van der Waals surface area contributed by atoms with Gasteiger partial charge in [0.15, 0.2) is 0 Å². The second kappa shape index (κ2) is 7.58. The average Bonchev–Trinajstić information content (AvgIpc) is 2.31. The summed E-state index contributed by atoms with van der Waals surface area (Å²) >= 11 is 7.20. The molecule has 0 saturated carbocycles. The van der Waals surface area contributed by atoms with Crippen LogP contribution in [0.1, 0.15) is 12.5 Å². The van der Waals surface area contributed by atoms with E-state index >= 15 is 0 Å². The first-order valence-electron chi connectivity index (χ1n) is 5.30. The van der Waals surface area contributed by atoms with Gasteiger partial charge < -0.3 is 5.32 Å². The number of rotatable bonds is 6. The van der Waals surface area contributed by atoms with E-state index in [2.05, 4.69) is 36.5 Å². The molecule has 1 amide bonds. The molecule has 4 heteroatoms. The summed E-state index contributed by atoms with van der Waals surface area (Å²) in [7, 11) is 0. The lowest BCUT2D eigenvalue weighted by molar-refractivity contribution is -0.118. The maximum Gasteiger partial charge on any atom is 0.234 e. The smallest absolute Gasteiger partial charge is 0.234 e. The van der Waals surface area contributed by atoms with Gasteiger partial charge in [-0.15, -0.1) is 23.4 Å². The minimum Gasteiger partial charge on any atom is -0.355 e. The van der Waals surface area contributed by atoms with Crippen molar-refractivity contribution >= 4 is 29.3 Å². The van der Waals surface area contributed by atoms with E-state index in [1.54, 1.807) is 0 Å². The number of hydrogen-bond acceptors (Lipinski definition) is 2. The molecule has 1 aromatic rings. The first-order valence-corrected chi connectivity index (χ1v) is 6.82. The topological polar surface area (TPSA) is 29.1 Å². The molecule has 0 unspecified atom stereocenters. The van der Waals surface area contributed by atoms with E-state index in [1.165, 1.54) is 10.5 Å². The van der Waals surface area contributed by atoms with Crippen molar-refractivity contribution in [1.29, 1.82) is 0 Å². The van der Waals surface area contributed by atoms with Gasteiger partial charge in [-0.1, -0.05) is 19.1 Å². The van der Waals surface area contributed by atoms with E-state index in [4.69, 9.17) is 11.6 Å². The number of hydrogen-bond donors (Lipinski definition) is 1. The predicted molar refractivity (Wildman–Crippen MR) is 70.3 cm³/mol. The number of halogens is 1. The summed E-state index contributed by atoms with van der Waals surface area (Å²) in [5.74, 6) is 1.01. The third-order valence-electron chi connectivity index (χ3n) is 2.09. The van der Waals surface area contributed by atoms with Crippen LogP contribution in [0.4, 0.5) is 0 Å². The predicted octanol–water partition coefficient (Wildman–Crippen LogP) is 2.70. The van der Waals surface area contributed by atoms with Crippen LogP contribution in [0.5, 0.6) is 0 Å². The quantitative estimate of drug-likeness (QED) is 0.627. The maximum atomic E-state index is 10.9. The first kappa shape index (κ1) is 13.4. The summed E-state index contributed by atoms with van der Waals surface area (Å²) in [6.07, 6.45) is 0.847. The number of benzene rings is 1. The molecule has 0 bridgehead atoms. The zero-order valence-corrected chi connectivity index (χ0v) is 10.9. The van der Waals surface area contributed by atoms with Crippen LogP contribution >= 0.6 is 23.4 Å². The highest BCUT2D eigenvalue weighted by atomic mass is 35.5. The Morgan fingerprint density at radius 2 is 2.06 bits per heavy atom. The fraction of sp³-hybridized carbons (Fsp3) is 0.417. The highest BCUT2D eigenvalue weighted by molar-refractivity contribution is 7.99. The minimum absolute atomic E-state index is 0.0338. The Hall–Kier alpha value is -0.670. The van der Waals surface area contributed by atoms with Crippen molar-refractivity contribution in [2.75, 3.05) is 18.2 Å². The molecule has 1 rings (SSSR count). The Morgan fingerprint density at radius 3 is 2.62 bits per heavy atom. The van der Waals surface area contributed by atoms with Crippen LogP contribution in [-0.4, -0.2) is 24.1 Å². The summed E-state index contributed by atoms with van der Waals surface area (Å²) in [4.78, 5) is 12.2. The molecule has 0 heterocycles. The summed E-state index contributed by atoms with van der Waals surface area (Å²) in [5, 5.41) is 2.74. The highest BCUT2D eigenvalue weighted by Crippen LogP contribution is 2.17. The van der Waals surface area contributed by atoms with Gasteiger partial charge in [-0.3, -0.25) is 4.79 Å². The molecule has 0 aliphatic carbocycles. The SMILES string of the molecule is CCSc1ccc(CCNC(=O)CCl)cc1. The molecule has 88 valence electrons. The van der Waals surface area contributed by atoms with E-state index < -0.39 is 0 Å². The monoisotopic (exact) mass is 257 g/mol. The van der Waals surface area contributed by atoms with Gasteiger partial charge in [-0.2, -0.15) is 0 Å². The van der Waals surface area contributed by atoms with Crippen LogP contribution in [0, 0.1) is 0 Å². The lowest BCUT2D eigenvalue weighted by Gasteiger charge is -2.04. The van der Waals surface area contributed by atoms with Crippen molar-refractivity contribution in [2.24, 2.45) is 0 Å². The van der Waals surface area contributed by atoms with Gasteiger partial charge in [-0.05, 0) is 29.9 Å². The molecule has 1 N–H and O–H groups in total. The molecule has 2 nitrogen and oxygen atoms in total. The molecule has 0 aromatic heterocycles. The highest BCUT2D eigenvalue weighted by Gasteiger charge is 1.98. The Labute approximate surface area is 106 Å². The molecule has 0 atom stereocenters. The summed E-state index contributed by atoms with van der Waals surface area (Å²) < 4.78 is 0. The van der Waals surface area contributed by atoms with Crippen LogP contribution in [0.15, 0.2) is 29.2 Å². The zero-order chi connectivity index (χ0) is 11.8. The second-order valence-corrected chi connectivity index (χ2v) is 4.92. The Balaban J connectivity index is 2.34. The van der Waals surface area contributed by atoms with Gasteiger partial charge in [0.25, 0.3) is 0 Å². The molecule has 16 heavy (non-hydrogen) atoms. The molecule has 0 aliphatic rings. The molecule has 0 aliphatic heterocycles. The van der Waals surface area contributed by atoms with E-state index in [0.717, 1.165) is 12.2 Å². The number of alkyl halides is 1. The third-order valence-corrected chi connectivity index (χ3v) is 3.23. The van der Waals surface area contributed by atoms with Gasteiger partial charge in [-0.25, -0.2) is 0 Å². The molecule has 0 spiro atoms. The van der Waals surface area contributed by atoms with Crippen molar-refractivity contribution in [3.05, 3.63) is 29.8 Å². The largest absolute Gasteiger partial charge is 0.355 e. The number of carbonyl (C=O) groups is 1. The Bertz CT molecular complexity index is 326. The number of amides is 1. The number of carbonyl (C=O) groups excluding carboxylic acids is 1. The van der Waals surface area contributed by atoms with Crippen LogP contribution in [0.2, 0.25) is 0 Å². The fourth-order valence-corrected chi connectivity index (χ4v) is 2.07. The van der Waals surface area contributed by atoms with Crippen LogP contribution in [0.25, 0.3) is 0 Å². The van der Waals surface area contributed by atoms with E-state index in [9.17, 15) is 4.79 Å². The summed E-state index contributed by atoms with van der Waals surface area (Å²) in [5.41, 5.74) is 1.23. The molecule has 0 fully saturated rings. The van der Waals surface area contributed by atoms with Crippen molar-refractivity contribution in [2.45, 2.75) is 18.2 Å². The standard InChI is InChI=1S/C12H16ClNOS/c1-2-16-11-5-3-10(4-6-11)7-8-14-12(15)9-13/h3-6H,2,7-9H2,1H3,(H,14,15). The van der Waals surface area contributed by atoms with Crippen LogP contribution in [0.3, 0.4) is 0 Å². The van der Waals surface area contributed by atoms with Gasteiger partial charge >= 0.3 is 0 Å². The average molecular weight is 258 g/mol. The van der Waals surface area contributed by atoms with Crippen molar-refractivity contribution in [1.82, 2.24) is 5.32 Å². The van der Waals surface area contributed by atoms with E-state index in [1.807, 2.05) is 11.8 Å². The van der Waals surface area contributed by atoms with Crippen LogP contribution < -0.4 is 5.32 Å². The van der Waals surface area contributed by atoms with Crippen molar-refractivity contribution in [3.63, 3.8) is 0 Å². The summed E-state index contributed by atoms with van der Waals surface area (Å²) in [6, 6.07) is 8.44. The maximum absolute atomic E-state index is 10.9. The van der Waals surface area contributed by atoms with Gasteiger partial charge in [0.05, 0.1) is 0 Å². The minimum atomic E-state index is -0.111. The lowest BCUT2D eigenvalue weighted by Crippen LogP contribution is -2.26. The van der Waals surface area contributed by atoms with Gasteiger partial charge in [0.1, 0.15) is 5.88 Å². The Morgan fingerprint density at radius 1 is 1.38 bits per heavy atom. The molecule has 0 saturated heterocycles. The van der Waals surface area contributed by atoms with Gasteiger partial charge in [0.2, 0.25) is 5.91 Å². The van der Waals surface area contributed by atoms with E-state index in [-0.39, 0.29) is 11.8 Å². The fourth-order valence-electron chi connectivity index (χ4n) is 1.31. The zero-order valence-electron chi connectivity index (χ0n) is 9.33. The first-order chi connectivity index (χ1) is 7.76. The molecule has 0 radical (unpaired) electrons. The lowest BCUT2D eigenvalue weighted by atomic mass is 10.1. The Kier molecular flexibility index (Phi) is 6.34. The van der Waals surface area contributed by atoms with Crippen molar-refractivity contribution < 1.29 is 4.79 Å². The second-order valence-electron chi connectivity index (χ2n) is 3.31. The molecule has 1 aromatic carbocycles. The normalized spacial score (nSPS) is 10.1. The summed E-state index contributed by atoms with van der Waals surface area (Å²) in [6.45, 7) is 2.78. The third kappa shape index (κ3) is 4.90. The molecular weight excluding hydrogens is 242 g/mol. The van der Waals surface area contributed by atoms with Crippen LogP contribution in [-0.2, 0) is 11.2 Å². The molecular formula is C12H16ClNOS. The van der Waals surface area contributed by atoms with E-state index in [0.29, 0.717) is 6.54 Å². The number of thioether (sulfide) groups is 1.